The zero-order valence-corrected chi connectivity index (χ0v) is 12.3. The van der Waals surface area contributed by atoms with Gasteiger partial charge < -0.3 is 14.9 Å². The summed E-state index contributed by atoms with van der Waals surface area (Å²) in [7, 11) is 4.00. The van der Waals surface area contributed by atoms with Crippen LogP contribution in [0.1, 0.15) is 29.3 Å². The molecule has 0 atom stereocenters. The Morgan fingerprint density at radius 3 is 2.42 bits per heavy atom. The van der Waals surface area contributed by atoms with Crippen molar-refractivity contribution in [2.24, 2.45) is 0 Å². The van der Waals surface area contributed by atoms with Gasteiger partial charge in [0, 0.05) is 25.2 Å². The van der Waals surface area contributed by atoms with Gasteiger partial charge in [0.25, 0.3) is 5.91 Å². The lowest BCUT2D eigenvalue weighted by Crippen LogP contribution is -2.37. The number of phenolic OH excluding ortho intramolecular Hbond substituents is 1. The molecule has 1 aromatic carbocycles. The maximum absolute atomic E-state index is 12.4. The number of hydrogen-bond donors (Lipinski definition) is 1. The Balaban J connectivity index is 2.82. The van der Waals surface area contributed by atoms with E-state index in [4.69, 9.17) is 0 Å². The van der Waals surface area contributed by atoms with Crippen LogP contribution in [0.25, 0.3) is 0 Å². The summed E-state index contributed by atoms with van der Waals surface area (Å²) in [5, 5.41) is 9.51. The van der Waals surface area contributed by atoms with E-state index in [-0.39, 0.29) is 11.7 Å². The summed E-state index contributed by atoms with van der Waals surface area (Å²) in [5.74, 6) is 0.263. The zero-order valence-electron chi connectivity index (χ0n) is 12.3. The first kappa shape index (κ1) is 15.5. The van der Waals surface area contributed by atoms with Crippen LogP contribution in [0.4, 0.5) is 0 Å². The number of phenols is 1. The second-order valence-electron chi connectivity index (χ2n) is 5.10. The summed E-state index contributed by atoms with van der Waals surface area (Å²) in [4.78, 5) is 16.4. The van der Waals surface area contributed by atoms with Gasteiger partial charge in [0.2, 0.25) is 0 Å². The fraction of sp³-hybridized carbons (Fsp3) is 0.533. The molecular formula is C15H24N2O2. The number of likely N-dealkylation sites (N-methyl/N-ethyl adjacent to an activating group) is 1. The summed E-state index contributed by atoms with van der Waals surface area (Å²) in [6, 6.07) is 5.01. The van der Waals surface area contributed by atoms with Crippen molar-refractivity contribution in [1.29, 1.82) is 0 Å². The minimum Gasteiger partial charge on any atom is -0.508 e. The second kappa shape index (κ2) is 7.14. The van der Waals surface area contributed by atoms with Gasteiger partial charge >= 0.3 is 0 Å². The smallest absolute Gasteiger partial charge is 0.253 e. The van der Waals surface area contributed by atoms with Crippen LogP contribution < -0.4 is 0 Å². The van der Waals surface area contributed by atoms with Crippen molar-refractivity contribution in [2.75, 3.05) is 33.7 Å². The summed E-state index contributed by atoms with van der Waals surface area (Å²) < 4.78 is 0. The molecule has 0 aliphatic carbocycles. The monoisotopic (exact) mass is 264 g/mol. The predicted octanol–water partition coefficient (Wildman–Crippen LogP) is 2.11. The van der Waals surface area contributed by atoms with Gasteiger partial charge in [0.05, 0.1) is 0 Å². The number of carbonyl (C=O) groups is 1. The number of amides is 1. The highest BCUT2D eigenvalue weighted by atomic mass is 16.3. The van der Waals surface area contributed by atoms with Crippen LogP contribution in [0, 0.1) is 6.92 Å². The molecule has 0 aliphatic heterocycles. The van der Waals surface area contributed by atoms with Crippen LogP contribution in [0.15, 0.2) is 18.2 Å². The minimum absolute atomic E-state index is 0.0341. The highest BCUT2D eigenvalue weighted by molar-refractivity contribution is 5.94. The van der Waals surface area contributed by atoms with Crippen molar-refractivity contribution >= 4 is 5.91 Å². The predicted molar refractivity (Wildman–Crippen MR) is 77.6 cm³/mol. The van der Waals surface area contributed by atoms with Gasteiger partial charge in [-0.1, -0.05) is 6.92 Å². The molecule has 0 radical (unpaired) electrons. The Labute approximate surface area is 115 Å². The molecule has 0 saturated carbocycles. The van der Waals surface area contributed by atoms with Crippen LogP contribution in [-0.4, -0.2) is 54.5 Å². The van der Waals surface area contributed by atoms with Crippen molar-refractivity contribution in [1.82, 2.24) is 9.80 Å². The first-order valence-electron chi connectivity index (χ1n) is 6.69. The van der Waals surface area contributed by atoms with E-state index in [1.165, 1.54) is 0 Å². The van der Waals surface area contributed by atoms with Gasteiger partial charge in [-0.05, 0) is 51.2 Å². The molecule has 4 nitrogen and oxygen atoms in total. The van der Waals surface area contributed by atoms with E-state index in [0.717, 1.165) is 31.6 Å². The van der Waals surface area contributed by atoms with Crippen molar-refractivity contribution in [3.8, 4) is 5.75 Å². The van der Waals surface area contributed by atoms with E-state index >= 15 is 0 Å². The summed E-state index contributed by atoms with van der Waals surface area (Å²) in [6.45, 7) is 6.20. The second-order valence-corrected chi connectivity index (χ2v) is 5.10. The molecule has 0 spiro atoms. The summed E-state index contributed by atoms with van der Waals surface area (Å²) in [5.41, 5.74) is 1.37. The lowest BCUT2D eigenvalue weighted by atomic mass is 10.1. The largest absolute Gasteiger partial charge is 0.508 e. The molecule has 0 aliphatic rings. The summed E-state index contributed by atoms with van der Waals surface area (Å²) in [6.07, 6.45) is 0.941. The van der Waals surface area contributed by atoms with Crippen LogP contribution in [0.5, 0.6) is 5.75 Å². The Kier molecular flexibility index (Phi) is 5.83. The van der Waals surface area contributed by atoms with Crippen LogP contribution in [-0.2, 0) is 0 Å². The molecular weight excluding hydrogens is 240 g/mol. The average molecular weight is 264 g/mol. The molecule has 4 heteroatoms. The maximum Gasteiger partial charge on any atom is 0.253 e. The van der Waals surface area contributed by atoms with Crippen molar-refractivity contribution in [2.45, 2.75) is 20.3 Å². The molecule has 1 N–H and O–H groups in total. The normalized spacial score (nSPS) is 10.8. The van der Waals surface area contributed by atoms with Gasteiger partial charge in [-0.3, -0.25) is 4.79 Å². The molecule has 1 rings (SSSR count). The molecule has 1 aromatic rings. The Bertz CT molecular complexity index is 430. The van der Waals surface area contributed by atoms with Crippen LogP contribution in [0.2, 0.25) is 0 Å². The first-order chi connectivity index (χ1) is 8.95. The first-order valence-corrected chi connectivity index (χ1v) is 6.69. The quantitative estimate of drug-likeness (QED) is 0.856. The lowest BCUT2D eigenvalue weighted by molar-refractivity contribution is 0.0745. The molecule has 0 saturated heterocycles. The maximum atomic E-state index is 12.4. The number of aryl methyl sites for hydroxylation is 1. The van der Waals surface area contributed by atoms with Crippen molar-refractivity contribution in [3.63, 3.8) is 0 Å². The number of benzene rings is 1. The van der Waals surface area contributed by atoms with Crippen molar-refractivity contribution in [3.05, 3.63) is 29.3 Å². The fourth-order valence-corrected chi connectivity index (χ4v) is 1.88. The number of carbonyl (C=O) groups excluding carboxylic acids is 1. The fourth-order valence-electron chi connectivity index (χ4n) is 1.88. The number of nitrogens with zero attached hydrogens (tertiary/aromatic N) is 2. The van der Waals surface area contributed by atoms with Gasteiger partial charge in [-0.25, -0.2) is 0 Å². The molecule has 0 heterocycles. The molecule has 0 unspecified atom stereocenters. The van der Waals surface area contributed by atoms with E-state index < -0.39 is 0 Å². The molecule has 1 amide bonds. The number of rotatable bonds is 6. The third-order valence-electron chi connectivity index (χ3n) is 3.04. The van der Waals surface area contributed by atoms with Gasteiger partial charge in [-0.15, -0.1) is 0 Å². The van der Waals surface area contributed by atoms with E-state index in [1.54, 1.807) is 25.1 Å². The van der Waals surface area contributed by atoms with Crippen LogP contribution >= 0.6 is 0 Å². The van der Waals surface area contributed by atoms with E-state index in [2.05, 4.69) is 11.8 Å². The molecule has 0 bridgehead atoms. The number of aromatic hydroxyl groups is 1. The van der Waals surface area contributed by atoms with E-state index in [0.29, 0.717) is 5.56 Å². The minimum atomic E-state index is 0.0341. The van der Waals surface area contributed by atoms with Gasteiger partial charge in [-0.2, -0.15) is 0 Å². The van der Waals surface area contributed by atoms with Crippen molar-refractivity contribution < 1.29 is 9.90 Å². The third-order valence-corrected chi connectivity index (χ3v) is 3.04. The Morgan fingerprint density at radius 1 is 1.21 bits per heavy atom. The molecule has 106 valence electrons. The standard InChI is InChI=1S/C15H24N2O2/c1-5-8-17(10-9-16(3)4)15(19)13-6-7-14(18)12(2)11-13/h6-7,11,18H,5,8-10H2,1-4H3. The van der Waals surface area contributed by atoms with Crippen LogP contribution in [0.3, 0.4) is 0 Å². The summed E-state index contributed by atoms with van der Waals surface area (Å²) >= 11 is 0. The van der Waals surface area contributed by atoms with Gasteiger partial charge in [0.15, 0.2) is 0 Å². The molecule has 0 aromatic heterocycles. The van der Waals surface area contributed by atoms with E-state index in [9.17, 15) is 9.90 Å². The average Bonchev–Trinajstić information content (AvgIpc) is 2.36. The lowest BCUT2D eigenvalue weighted by Gasteiger charge is -2.24. The Hall–Kier alpha value is -1.55. The topological polar surface area (TPSA) is 43.8 Å². The van der Waals surface area contributed by atoms with E-state index in [1.807, 2.05) is 19.0 Å². The zero-order chi connectivity index (χ0) is 14.4. The number of hydrogen-bond acceptors (Lipinski definition) is 3. The third kappa shape index (κ3) is 4.56. The highest BCUT2D eigenvalue weighted by Crippen LogP contribution is 2.18. The Morgan fingerprint density at radius 2 is 1.89 bits per heavy atom. The highest BCUT2D eigenvalue weighted by Gasteiger charge is 2.15. The van der Waals surface area contributed by atoms with Gasteiger partial charge in [0.1, 0.15) is 5.75 Å². The molecule has 0 fully saturated rings. The molecule has 19 heavy (non-hydrogen) atoms. The SMILES string of the molecule is CCCN(CCN(C)C)C(=O)c1ccc(O)c(C)c1.